The number of nitrogens with one attached hydrogen (secondary N) is 1. The van der Waals surface area contributed by atoms with Gasteiger partial charge >= 0.3 is 0 Å². The van der Waals surface area contributed by atoms with Crippen LogP contribution < -0.4 is 14.8 Å². The van der Waals surface area contributed by atoms with Crippen molar-refractivity contribution in [1.29, 1.82) is 0 Å². The second-order valence-electron chi connectivity index (χ2n) is 4.86. The molecular formula is C18H15N3O3. The van der Waals surface area contributed by atoms with Crippen LogP contribution in [0, 0.1) is 0 Å². The summed E-state index contributed by atoms with van der Waals surface area (Å²) in [5.74, 6) is 1.54. The van der Waals surface area contributed by atoms with Crippen LogP contribution in [0.1, 0.15) is 10.4 Å². The van der Waals surface area contributed by atoms with E-state index in [9.17, 15) is 4.79 Å². The number of amides is 1. The summed E-state index contributed by atoms with van der Waals surface area (Å²) in [6.07, 6.45) is 2.86. The first kappa shape index (κ1) is 15.5. The lowest BCUT2D eigenvalue weighted by atomic mass is 10.2. The summed E-state index contributed by atoms with van der Waals surface area (Å²) in [5, 5.41) is 10.1. The SMILES string of the molecule is COc1cc(Oc2ccccc2)ccc1NC(=O)c1ccnnc1. The monoisotopic (exact) mass is 321 g/mol. The zero-order chi connectivity index (χ0) is 16.8. The maximum absolute atomic E-state index is 12.2. The molecule has 6 nitrogen and oxygen atoms in total. The minimum absolute atomic E-state index is 0.292. The molecule has 0 saturated carbocycles. The van der Waals surface area contributed by atoms with Crippen LogP contribution in [0.15, 0.2) is 67.0 Å². The first-order valence-electron chi connectivity index (χ1n) is 7.25. The number of aromatic nitrogens is 2. The van der Waals surface area contributed by atoms with Gasteiger partial charge in [0.05, 0.1) is 30.8 Å². The van der Waals surface area contributed by atoms with Crippen LogP contribution in [0.2, 0.25) is 0 Å². The van der Waals surface area contributed by atoms with Crippen molar-refractivity contribution in [3.63, 3.8) is 0 Å². The van der Waals surface area contributed by atoms with E-state index in [1.165, 1.54) is 19.5 Å². The second kappa shape index (κ2) is 7.23. The summed E-state index contributed by atoms with van der Waals surface area (Å²) in [4.78, 5) is 12.2. The molecule has 0 unspecified atom stereocenters. The van der Waals surface area contributed by atoms with Gasteiger partial charge in [0, 0.05) is 6.07 Å². The summed E-state index contributed by atoms with van der Waals surface area (Å²) in [5.41, 5.74) is 0.955. The van der Waals surface area contributed by atoms with Gasteiger partial charge < -0.3 is 14.8 Å². The second-order valence-corrected chi connectivity index (χ2v) is 4.86. The van der Waals surface area contributed by atoms with Crippen molar-refractivity contribution in [2.24, 2.45) is 0 Å². The van der Waals surface area contributed by atoms with Crippen molar-refractivity contribution in [3.8, 4) is 17.2 Å². The third-order valence-corrected chi connectivity index (χ3v) is 3.25. The number of hydrogen-bond donors (Lipinski definition) is 1. The predicted octanol–water partition coefficient (Wildman–Crippen LogP) is 3.53. The molecule has 24 heavy (non-hydrogen) atoms. The topological polar surface area (TPSA) is 73.3 Å². The van der Waals surface area contributed by atoms with Crippen molar-refractivity contribution < 1.29 is 14.3 Å². The smallest absolute Gasteiger partial charge is 0.257 e. The van der Waals surface area contributed by atoms with E-state index >= 15 is 0 Å². The summed E-state index contributed by atoms with van der Waals surface area (Å²) < 4.78 is 11.1. The first-order chi connectivity index (χ1) is 11.8. The Morgan fingerprint density at radius 3 is 2.54 bits per heavy atom. The summed E-state index contributed by atoms with van der Waals surface area (Å²) in [6.45, 7) is 0. The third-order valence-electron chi connectivity index (χ3n) is 3.25. The van der Waals surface area contributed by atoms with E-state index in [0.29, 0.717) is 22.7 Å². The van der Waals surface area contributed by atoms with Crippen LogP contribution in [-0.2, 0) is 0 Å². The Morgan fingerprint density at radius 2 is 1.83 bits per heavy atom. The number of hydrogen-bond acceptors (Lipinski definition) is 5. The molecule has 1 N–H and O–H groups in total. The van der Waals surface area contributed by atoms with Gasteiger partial charge in [0.1, 0.15) is 17.2 Å². The van der Waals surface area contributed by atoms with Crippen molar-refractivity contribution in [2.45, 2.75) is 0 Å². The molecule has 0 bridgehead atoms. The summed E-state index contributed by atoms with van der Waals surface area (Å²) in [7, 11) is 1.53. The lowest BCUT2D eigenvalue weighted by molar-refractivity contribution is 0.102. The number of carbonyl (C=O) groups excluding carboxylic acids is 1. The summed E-state index contributed by atoms with van der Waals surface area (Å²) >= 11 is 0. The highest BCUT2D eigenvalue weighted by atomic mass is 16.5. The van der Waals surface area contributed by atoms with Crippen molar-refractivity contribution in [3.05, 3.63) is 72.6 Å². The van der Waals surface area contributed by atoms with Crippen LogP contribution in [0.3, 0.4) is 0 Å². The first-order valence-corrected chi connectivity index (χ1v) is 7.25. The Hall–Kier alpha value is -3.41. The fourth-order valence-electron chi connectivity index (χ4n) is 2.08. The van der Waals surface area contributed by atoms with E-state index in [1.807, 2.05) is 30.3 Å². The molecule has 0 radical (unpaired) electrons. The average Bonchev–Trinajstić information content (AvgIpc) is 2.64. The number of nitrogens with zero attached hydrogens (tertiary/aromatic N) is 2. The Balaban J connectivity index is 1.78. The molecule has 1 amide bonds. The maximum Gasteiger partial charge on any atom is 0.257 e. The standard InChI is InChI=1S/C18H15N3O3/c1-23-17-11-15(24-14-5-3-2-4-6-14)7-8-16(17)21-18(22)13-9-10-19-20-12-13/h2-12H,1H3,(H,21,22). The fraction of sp³-hybridized carbons (Fsp3) is 0.0556. The molecule has 0 aliphatic rings. The van der Waals surface area contributed by atoms with E-state index < -0.39 is 0 Å². The summed E-state index contributed by atoms with van der Waals surface area (Å²) in [6, 6.07) is 16.2. The van der Waals surface area contributed by atoms with Crippen LogP contribution in [0.4, 0.5) is 5.69 Å². The van der Waals surface area contributed by atoms with Crippen molar-refractivity contribution in [1.82, 2.24) is 10.2 Å². The molecule has 6 heteroatoms. The highest BCUT2D eigenvalue weighted by Gasteiger charge is 2.11. The Morgan fingerprint density at radius 1 is 1.00 bits per heavy atom. The van der Waals surface area contributed by atoms with Crippen molar-refractivity contribution >= 4 is 11.6 Å². The van der Waals surface area contributed by atoms with E-state index in [2.05, 4.69) is 15.5 Å². The Kier molecular flexibility index (Phi) is 4.67. The van der Waals surface area contributed by atoms with Gasteiger partial charge in [-0.2, -0.15) is 10.2 Å². The number of para-hydroxylation sites is 1. The van der Waals surface area contributed by atoms with Gasteiger partial charge in [-0.25, -0.2) is 0 Å². The number of methoxy groups -OCH3 is 1. The molecular weight excluding hydrogens is 306 g/mol. The van der Waals surface area contributed by atoms with Gasteiger partial charge in [-0.15, -0.1) is 0 Å². The zero-order valence-corrected chi connectivity index (χ0v) is 13.0. The van der Waals surface area contributed by atoms with Crippen LogP contribution in [0.25, 0.3) is 0 Å². The largest absolute Gasteiger partial charge is 0.494 e. The number of ether oxygens (including phenoxy) is 2. The lowest BCUT2D eigenvalue weighted by Crippen LogP contribution is -2.13. The molecule has 0 aliphatic heterocycles. The molecule has 0 spiro atoms. The van der Waals surface area contributed by atoms with E-state index in [-0.39, 0.29) is 5.91 Å². The Labute approximate surface area is 139 Å². The van der Waals surface area contributed by atoms with E-state index in [0.717, 1.165) is 5.75 Å². The molecule has 1 heterocycles. The van der Waals surface area contributed by atoms with Gasteiger partial charge in [0.25, 0.3) is 5.91 Å². The van der Waals surface area contributed by atoms with Crippen LogP contribution in [0.5, 0.6) is 17.2 Å². The van der Waals surface area contributed by atoms with Gasteiger partial charge in [-0.05, 0) is 30.3 Å². The average molecular weight is 321 g/mol. The van der Waals surface area contributed by atoms with Gasteiger partial charge in [0.2, 0.25) is 0 Å². The third kappa shape index (κ3) is 3.67. The normalized spacial score (nSPS) is 10.0. The molecule has 0 atom stereocenters. The zero-order valence-electron chi connectivity index (χ0n) is 13.0. The van der Waals surface area contributed by atoms with Crippen LogP contribution in [-0.4, -0.2) is 23.2 Å². The number of benzene rings is 2. The maximum atomic E-state index is 12.2. The number of carbonyl (C=O) groups is 1. The molecule has 1 aromatic heterocycles. The molecule has 120 valence electrons. The van der Waals surface area contributed by atoms with E-state index in [1.54, 1.807) is 24.3 Å². The van der Waals surface area contributed by atoms with Gasteiger partial charge in [-0.1, -0.05) is 18.2 Å². The molecule has 2 aromatic carbocycles. The van der Waals surface area contributed by atoms with Crippen molar-refractivity contribution in [2.75, 3.05) is 12.4 Å². The van der Waals surface area contributed by atoms with Gasteiger partial charge in [-0.3, -0.25) is 4.79 Å². The number of anilines is 1. The highest BCUT2D eigenvalue weighted by molar-refractivity contribution is 6.04. The highest BCUT2D eigenvalue weighted by Crippen LogP contribution is 2.31. The van der Waals surface area contributed by atoms with Gasteiger partial charge in [0.15, 0.2) is 0 Å². The number of rotatable bonds is 5. The minimum atomic E-state index is -0.292. The Bertz CT molecular complexity index is 823. The predicted molar refractivity (Wildman–Crippen MR) is 89.5 cm³/mol. The molecule has 0 fully saturated rings. The molecule has 3 rings (SSSR count). The molecule has 0 saturated heterocycles. The molecule has 3 aromatic rings. The lowest BCUT2D eigenvalue weighted by Gasteiger charge is -2.12. The van der Waals surface area contributed by atoms with E-state index in [4.69, 9.17) is 9.47 Å². The minimum Gasteiger partial charge on any atom is -0.494 e. The molecule has 0 aliphatic carbocycles. The quantitative estimate of drug-likeness (QED) is 0.778. The van der Waals surface area contributed by atoms with Crippen LogP contribution >= 0.6 is 0 Å². The fourth-order valence-corrected chi connectivity index (χ4v) is 2.08.